The maximum Gasteiger partial charge on any atom is 0.251 e. The number of carbonyl (C=O) groups is 1. The number of likely N-dealkylation sites (N-methyl/N-ethyl adjacent to an activating group) is 1. The van der Waals surface area contributed by atoms with Crippen molar-refractivity contribution in [1.29, 1.82) is 0 Å². The third-order valence-electron chi connectivity index (χ3n) is 3.11. The number of nitrogens with one attached hydrogen (secondary N) is 2. The Kier molecular flexibility index (Phi) is 5.97. The van der Waals surface area contributed by atoms with Crippen LogP contribution in [0.2, 0.25) is 0 Å². The summed E-state index contributed by atoms with van der Waals surface area (Å²) in [6, 6.07) is 7.73. The van der Waals surface area contributed by atoms with Crippen molar-refractivity contribution >= 4 is 17.7 Å². The van der Waals surface area contributed by atoms with Crippen molar-refractivity contribution in [2.45, 2.75) is 30.5 Å². The Hall–Kier alpha value is -1.86. The fourth-order valence-corrected chi connectivity index (χ4v) is 2.43. The van der Waals surface area contributed by atoms with Crippen LogP contribution in [0.4, 0.5) is 0 Å². The monoisotopic (exact) mass is 320 g/mol. The van der Waals surface area contributed by atoms with Crippen LogP contribution in [0.25, 0.3) is 0 Å². The maximum absolute atomic E-state index is 12.0. The molecule has 1 aromatic heterocycles. The van der Waals surface area contributed by atoms with Crippen LogP contribution in [0.1, 0.15) is 29.0 Å². The molecule has 1 atom stereocenters. The highest BCUT2D eigenvalue weighted by Gasteiger charge is 2.08. The van der Waals surface area contributed by atoms with E-state index in [1.807, 2.05) is 38.2 Å². The van der Waals surface area contributed by atoms with E-state index in [9.17, 15) is 4.79 Å². The molecule has 1 unspecified atom stereocenters. The molecule has 0 aliphatic heterocycles. The molecule has 0 saturated carbocycles. The SMILES string of the molecule is CNC(C)CNC(=O)c1ccc(SCc2nc(C)no2)cc1. The van der Waals surface area contributed by atoms with Crippen LogP contribution >= 0.6 is 11.8 Å². The number of carbonyl (C=O) groups excluding carboxylic acids is 1. The number of thioether (sulfide) groups is 1. The average Bonchev–Trinajstić information content (AvgIpc) is 2.96. The van der Waals surface area contributed by atoms with Crippen molar-refractivity contribution in [1.82, 2.24) is 20.8 Å². The van der Waals surface area contributed by atoms with E-state index in [1.54, 1.807) is 18.7 Å². The second kappa shape index (κ2) is 7.95. The van der Waals surface area contributed by atoms with E-state index >= 15 is 0 Å². The van der Waals surface area contributed by atoms with Gasteiger partial charge in [-0.1, -0.05) is 5.16 Å². The topological polar surface area (TPSA) is 80.0 Å². The van der Waals surface area contributed by atoms with Gasteiger partial charge in [0.25, 0.3) is 5.91 Å². The molecule has 6 nitrogen and oxygen atoms in total. The number of hydrogen-bond acceptors (Lipinski definition) is 6. The maximum atomic E-state index is 12.0. The van der Waals surface area contributed by atoms with Crippen LogP contribution in [0.5, 0.6) is 0 Å². The third-order valence-corrected chi connectivity index (χ3v) is 4.11. The van der Waals surface area contributed by atoms with Gasteiger partial charge in [-0.15, -0.1) is 11.8 Å². The number of amides is 1. The number of aromatic nitrogens is 2. The molecule has 1 heterocycles. The van der Waals surface area contributed by atoms with Crippen LogP contribution < -0.4 is 10.6 Å². The first kappa shape index (κ1) is 16.5. The second-order valence-corrected chi connectivity index (χ2v) is 6.00. The van der Waals surface area contributed by atoms with Gasteiger partial charge in [-0.25, -0.2) is 0 Å². The zero-order chi connectivity index (χ0) is 15.9. The summed E-state index contributed by atoms with van der Waals surface area (Å²) in [6.07, 6.45) is 0. The Morgan fingerprint density at radius 3 is 2.68 bits per heavy atom. The number of nitrogens with zero attached hydrogens (tertiary/aromatic N) is 2. The van der Waals surface area contributed by atoms with Crippen molar-refractivity contribution in [3.05, 3.63) is 41.5 Å². The largest absolute Gasteiger partial charge is 0.350 e. The predicted molar refractivity (Wildman–Crippen MR) is 85.9 cm³/mol. The van der Waals surface area contributed by atoms with E-state index in [2.05, 4.69) is 20.8 Å². The van der Waals surface area contributed by atoms with Crippen LogP contribution in [0, 0.1) is 6.92 Å². The molecule has 0 bridgehead atoms. The first-order valence-electron chi connectivity index (χ1n) is 7.06. The molecule has 2 rings (SSSR count). The fourth-order valence-electron chi connectivity index (χ4n) is 1.70. The molecule has 118 valence electrons. The van der Waals surface area contributed by atoms with Gasteiger partial charge < -0.3 is 15.2 Å². The van der Waals surface area contributed by atoms with E-state index in [1.165, 1.54) is 0 Å². The predicted octanol–water partition coefficient (Wildman–Crippen LogP) is 2.01. The molecule has 0 spiro atoms. The molecule has 22 heavy (non-hydrogen) atoms. The van der Waals surface area contributed by atoms with E-state index in [4.69, 9.17) is 4.52 Å². The molecule has 0 aliphatic rings. The van der Waals surface area contributed by atoms with E-state index < -0.39 is 0 Å². The fraction of sp³-hybridized carbons (Fsp3) is 0.400. The Labute approximate surface area is 134 Å². The lowest BCUT2D eigenvalue weighted by Gasteiger charge is -2.11. The molecule has 0 aliphatic carbocycles. The van der Waals surface area contributed by atoms with Gasteiger partial charge in [0.2, 0.25) is 5.89 Å². The Balaban J connectivity index is 1.85. The summed E-state index contributed by atoms with van der Waals surface area (Å²) in [6.45, 7) is 4.40. The summed E-state index contributed by atoms with van der Waals surface area (Å²) < 4.78 is 5.06. The summed E-state index contributed by atoms with van der Waals surface area (Å²) in [5.74, 6) is 1.79. The van der Waals surface area contributed by atoms with E-state index in [-0.39, 0.29) is 11.9 Å². The van der Waals surface area contributed by atoms with Crippen molar-refractivity contribution in [2.24, 2.45) is 0 Å². The normalized spacial score (nSPS) is 12.1. The Bertz CT molecular complexity index is 612. The summed E-state index contributed by atoms with van der Waals surface area (Å²) in [4.78, 5) is 17.2. The minimum Gasteiger partial charge on any atom is -0.350 e. The van der Waals surface area contributed by atoms with E-state index in [0.29, 0.717) is 29.6 Å². The van der Waals surface area contributed by atoms with Crippen LogP contribution in [-0.4, -0.2) is 35.7 Å². The summed E-state index contributed by atoms with van der Waals surface area (Å²) in [5.41, 5.74) is 0.654. The lowest BCUT2D eigenvalue weighted by atomic mass is 10.2. The minimum absolute atomic E-state index is 0.0637. The molecule has 0 saturated heterocycles. The molecular weight excluding hydrogens is 300 g/mol. The van der Waals surface area contributed by atoms with Gasteiger partial charge in [0.05, 0.1) is 5.75 Å². The molecule has 2 N–H and O–H groups in total. The van der Waals surface area contributed by atoms with Crippen LogP contribution in [0.3, 0.4) is 0 Å². The standard InChI is InChI=1S/C15H20N4O2S/c1-10(16-3)8-17-15(20)12-4-6-13(7-5-12)22-9-14-18-11(2)19-21-14/h4-7,10,16H,8-9H2,1-3H3,(H,17,20). The van der Waals surface area contributed by atoms with Gasteiger partial charge in [0.1, 0.15) is 0 Å². The molecule has 1 amide bonds. The van der Waals surface area contributed by atoms with Gasteiger partial charge in [-0.2, -0.15) is 4.98 Å². The molecule has 1 aromatic carbocycles. The lowest BCUT2D eigenvalue weighted by molar-refractivity contribution is 0.0950. The van der Waals surface area contributed by atoms with Crippen molar-refractivity contribution in [3.8, 4) is 0 Å². The Morgan fingerprint density at radius 1 is 1.36 bits per heavy atom. The highest BCUT2D eigenvalue weighted by atomic mass is 32.2. The minimum atomic E-state index is -0.0637. The van der Waals surface area contributed by atoms with Gasteiger partial charge in [0.15, 0.2) is 5.82 Å². The zero-order valence-corrected chi connectivity index (χ0v) is 13.7. The highest BCUT2D eigenvalue weighted by molar-refractivity contribution is 7.98. The number of rotatable bonds is 7. The number of aryl methyl sites for hydroxylation is 1. The molecular formula is C15H20N4O2S. The molecule has 7 heteroatoms. The van der Waals surface area contributed by atoms with Crippen LogP contribution in [0.15, 0.2) is 33.7 Å². The third kappa shape index (κ3) is 4.85. The molecule has 0 fully saturated rings. The number of hydrogen-bond donors (Lipinski definition) is 2. The van der Waals surface area contributed by atoms with Gasteiger partial charge in [-0.3, -0.25) is 4.79 Å². The first-order valence-corrected chi connectivity index (χ1v) is 8.04. The first-order chi connectivity index (χ1) is 10.6. The molecule has 0 radical (unpaired) electrons. The van der Waals surface area contributed by atoms with Gasteiger partial charge in [-0.05, 0) is 45.2 Å². The average molecular weight is 320 g/mol. The zero-order valence-electron chi connectivity index (χ0n) is 12.9. The quantitative estimate of drug-likeness (QED) is 0.760. The van der Waals surface area contributed by atoms with Gasteiger partial charge in [0, 0.05) is 23.0 Å². The Morgan fingerprint density at radius 2 is 2.09 bits per heavy atom. The van der Waals surface area contributed by atoms with E-state index in [0.717, 1.165) is 4.90 Å². The number of benzene rings is 1. The molecule has 2 aromatic rings. The van der Waals surface area contributed by atoms with Crippen molar-refractivity contribution < 1.29 is 9.32 Å². The van der Waals surface area contributed by atoms with Gasteiger partial charge >= 0.3 is 0 Å². The van der Waals surface area contributed by atoms with Crippen LogP contribution in [-0.2, 0) is 5.75 Å². The smallest absolute Gasteiger partial charge is 0.251 e. The summed E-state index contributed by atoms with van der Waals surface area (Å²) >= 11 is 1.59. The summed E-state index contributed by atoms with van der Waals surface area (Å²) in [7, 11) is 1.87. The summed E-state index contributed by atoms with van der Waals surface area (Å²) in [5, 5.41) is 9.72. The van der Waals surface area contributed by atoms with Crippen molar-refractivity contribution in [3.63, 3.8) is 0 Å². The highest BCUT2D eigenvalue weighted by Crippen LogP contribution is 2.22. The second-order valence-electron chi connectivity index (χ2n) is 4.95. The van der Waals surface area contributed by atoms with Crippen molar-refractivity contribution in [2.75, 3.05) is 13.6 Å². The lowest BCUT2D eigenvalue weighted by Crippen LogP contribution is -2.37.